The van der Waals surface area contributed by atoms with E-state index in [1.54, 1.807) is 29.2 Å². The van der Waals surface area contributed by atoms with Gasteiger partial charge in [0.15, 0.2) is 17.3 Å². The maximum atomic E-state index is 13.3. The van der Waals surface area contributed by atoms with Crippen LogP contribution in [0.1, 0.15) is 47.9 Å². The Labute approximate surface area is 165 Å². The Bertz CT molecular complexity index is 850. The van der Waals surface area contributed by atoms with Crippen LogP contribution in [0, 0.1) is 0 Å². The summed E-state index contributed by atoms with van der Waals surface area (Å²) in [6, 6.07) is 10.5. The van der Waals surface area contributed by atoms with E-state index in [1.165, 1.54) is 0 Å². The van der Waals surface area contributed by atoms with Gasteiger partial charge >= 0.3 is 0 Å². The molecule has 1 aliphatic heterocycles. The van der Waals surface area contributed by atoms with Crippen molar-refractivity contribution in [2.45, 2.75) is 27.2 Å². The second kappa shape index (κ2) is 8.78. The molecule has 0 aromatic heterocycles. The van der Waals surface area contributed by atoms with Crippen LogP contribution in [0.2, 0.25) is 0 Å². The number of nitrogens with zero attached hydrogens (tertiary/aromatic N) is 1. The van der Waals surface area contributed by atoms with Gasteiger partial charge in [-0.25, -0.2) is 0 Å². The third-order valence-electron chi connectivity index (χ3n) is 4.46. The molecule has 0 unspecified atom stereocenters. The molecule has 1 amide bonds. The van der Waals surface area contributed by atoms with Gasteiger partial charge in [0.2, 0.25) is 5.75 Å². The molecule has 6 heteroatoms. The van der Waals surface area contributed by atoms with Crippen molar-refractivity contribution in [2.24, 2.45) is 0 Å². The van der Waals surface area contributed by atoms with E-state index in [9.17, 15) is 9.59 Å². The van der Waals surface area contributed by atoms with E-state index in [0.717, 1.165) is 0 Å². The molecule has 2 aromatic carbocycles. The van der Waals surface area contributed by atoms with Crippen molar-refractivity contribution in [1.29, 1.82) is 0 Å². The van der Waals surface area contributed by atoms with Crippen LogP contribution in [0.5, 0.6) is 17.2 Å². The number of Topliss-reactive ketones (excluding diaryl/α,β-unsaturated/α-hetero) is 1. The number of anilines is 1. The first kappa shape index (κ1) is 19.7. The molecule has 0 saturated heterocycles. The summed E-state index contributed by atoms with van der Waals surface area (Å²) in [5, 5.41) is 0. The first-order chi connectivity index (χ1) is 13.6. The Kier molecular flexibility index (Phi) is 6.19. The fraction of sp³-hybridized carbons (Fsp3) is 0.364. The first-order valence-electron chi connectivity index (χ1n) is 9.61. The summed E-state index contributed by atoms with van der Waals surface area (Å²) in [6.07, 6.45) is 0.302. The minimum absolute atomic E-state index is 0.0522. The average Bonchev–Trinajstić information content (AvgIpc) is 2.70. The fourth-order valence-corrected chi connectivity index (χ4v) is 3.29. The van der Waals surface area contributed by atoms with Crippen molar-refractivity contribution >= 4 is 17.4 Å². The smallest absolute Gasteiger partial charge is 0.258 e. The molecule has 0 bridgehead atoms. The van der Waals surface area contributed by atoms with Crippen molar-refractivity contribution in [3.05, 3.63) is 47.5 Å². The molecule has 28 heavy (non-hydrogen) atoms. The molecule has 0 saturated carbocycles. The molecule has 0 aliphatic carbocycles. The number of ketones is 1. The van der Waals surface area contributed by atoms with E-state index >= 15 is 0 Å². The van der Waals surface area contributed by atoms with Crippen molar-refractivity contribution in [2.75, 3.05) is 31.3 Å². The average molecular weight is 383 g/mol. The highest BCUT2D eigenvalue weighted by Gasteiger charge is 2.29. The van der Waals surface area contributed by atoms with Crippen molar-refractivity contribution < 1.29 is 23.8 Å². The maximum Gasteiger partial charge on any atom is 0.258 e. The minimum atomic E-state index is -0.204. The van der Waals surface area contributed by atoms with Gasteiger partial charge in [0.05, 0.1) is 25.5 Å². The van der Waals surface area contributed by atoms with Crippen LogP contribution in [0.15, 0.2) is 36.4 Å². The van der Waals surface area contributed by atoms with Crippen LogP contribution < -0.4 is 19.1 Å². The largest absolute Gasteiger partial charge is 0.490 e. The van der Waals surface area contributed by atoms with Crippen LogP contribution in [0.25, 0.3) is 0 Å². The van der Waals surface area contributed by atoms with Crippen LogP contribution in [0.3, 0.4) is 0 Å². The van der Waals surface area contributed by atoms with Crippen LogP contribution in [-0.4, -0.2) is 38.1 Å². The van der Waals surface area contributed by atoms with Crippen molar-refractivity contribution in [1.82, 2.24) is 0 Å². The SMILES string of the molecule is CCOc1cc(C(=O)N2CCC(=O)c3ccccc32)cc(OCC)c1OCC. The highest BCUT2D eigenvalue weighted by atomic mass is 16.5. The predicted octanol–water partition coefficient (Wildman–Crippen LogP) is 4.12. The first-order valence-corrected chi connectivity index (χ1v) is 9.61. The predicted molar refractivity (Wildman–Crippen MR) is 107 cm³/mol. The summed E-state index contributed by atoms with van der Waals surface area (Å²) in [7, 11) is 0. The zero-order valence-corrected chi connectivity index (χ0v) is 16.5. The monoisotopic (exact) mass is 383 g/mol. The van der Waals surface area contributed by atoms with Gasteiger partial charge in [0, 0.05) is 24.1 Å². The Hall–Kier alpha value is -3.02. The number of carbonyl (C=O) groups excluding carboxylic acids is 2. The molecule has 2 aromatic rings. The number of ether oxygens (including phenoxy) is 3. The second-order valence-electron chi connectivity index (χ2n) is 6.25. The fourth-order valence-electron chi connectivity index (χ4n) is 3.29. The third-order valence-corrected chi connectivity index (χ3v) is 4.46. The second-order valence-corrected chi connectivity index (χ2v) is 6.25. The summed E-state index contributed by atoms with van der Waals surface area (Å²) in [5.74, 6) is 1.29. The minimum Gasteiger partial charge on any atom is -0.490 e. The quantitative estimate of drug-likeness (QED) is 0.720. The van der Waals surface area contributed by atoms with Crippen molar-refractivity contribution in [3.63, 3.8) is 0 Å². The molecule has 6 nitrogen and oxygen atoms in total. The third kappa shape index (κ3) is 3.81. The summed E-state index contributed by atoms with van der Waals surface area (Å²) in [4.78, 5) is 27.1. The Balaban J connectivity index is 2.04. The van der Waals surface area contributed by atoms with E-state index in [1.807, 2.05) is 32.9 Å². The number of para-hydroxylation sites is 1. The molecule has 0 fully saturated rings. The lowest BCUT2D eigenvalue weighted by Gasteiger charge is -2.29. The van der Waals surface area contributed by atoms with E-state index < -0.39 is 0 Å². The normalized spacial score (nSPS) is 13.1. The molecular weight excluding hydrogens is 358 g/mol. The Morgan fingerprint density at radius 3 is 2.18 bits per heavy atom. The van der Waals surface area contributed by atoms with Gasteiger partial charge in [0.25, 0.3) is 5.91 Å². The molecule has 0 N–H and O–H groups in total. The lowest BCUT2D eigenvalue weighted by atomic mass is 9.99. The number of hydrogen-bond donors (Lipinski definition) is 0. The van der Waals surface area contributed by atoms with Gasteiger partial charge in [-0.15, -0.1) is 0 Å². The number of carbonyl (C=O) groups is 2. The lowest BCUT2D eigenvalue weighted by molar-refractivity contribution is 0.0954. The van der Waals surface area contributed by atoms with Gasteiger partial charge < -0.3 is 19.1 Å². The van der Waals surface area contributed by atoms with E-state index in [2.05, 4.69) is 0 Å². The number of amides is 1. The van der Waals surface area contributed by atoms with Crippen LogP contribution in [0.4, 0.5) is 5.69 Å². The van der Waals surface area contributed by atoms with Gasteiger partial charge in [-0.3, -0.25) is 9.59 Å². The van der Waals surface area contributed by atoms with Crippen LogP contribution >= 0.6 is 0 Å². The summed E-state index contributed by atoms with van der Waals surface area (Å²) in [5.41, 5.74) is 1.64. The molecule has 0 spiro atoms. The van der Waals surface area contributed by atoms with Crippen molar-refractivity contribution in [3.8, 4) is 17.2 Å². The summed E-state index contributed by atoms with van der Waals surface area (Å²) < 4.78 is 17.1. The highest BCUT2D eigenvalue weighted by molar-refractivity contribution is 6.13. The topological polar surface area (TPSA) is 65.1 Å². The summed E-state index contributed by atoms with van der Waals surface area (Å²) >= 11 is 0. The summed E-state index contributed by atoms with van der Waals surface area (Å²) in [6.45, 7) is 7.29. The standard InChI is InChI=1S/C22H25NO5/c1-4-26-19-13-15(14-20(27-5-2)21(19)28-6-3)22(25)23-12-11-18(24)16-9-7-8-10-17(16)23/h7-10,13-14H,4-6,11-12H2,1-3H3. The zero-order valence-electron chi connectivity index (χ0n) is 16.5. The molecule has 1 aliphatic rings. The molecular formula is C22H25NO5. The Morgan fingerprint density at radius 2 is 1.57 bits per heavy atom. The number of fused-ring (bicyclic) bond motifs is 1. The Morgan fingerprint density at radius 1 is 0.964 bits per heavy atom. The lowest BCUT2D eigenvalue weighted by Crippen LogP contribution is -2.37. The molecule has 148 valence electrons. The maximum absolute atomic E-state index is 13.3. The van der Waals surface area contributed by atoms with E-state index in [-0.39, 0.29) is 11.7 Å². The van der Waals surface area contributed by atoms with E-state index in [0.29, 0.717) is 66.8 Å². The number of rotatable bonds is 7. The van der Waals surface area contributed by atoms with Gasteiger partial charge in [-0.1, -0.05) is 12.1 Å². The zero-order chi connectivity index (χ0) is 20.1. The van der Waals surface area contributed by atoms with Gasteiger partial charge in [0.1, 0.15) is 0 Å². The van der Waals surface area contributed by atoms with E-state index in [4.69, 9.17) is 14.2 Å². The number of hydrogen-bond acceptors (Lipinski definition) is 5. The molecule has 1 heterocycles. The molecule has 3 rings (SSSR count). The molecule has 0 atom stereocenters. The number of benzene rings is 2. The van der Waals surface area contributed by atoms with Crippen LogP contribution in [-0.2, 0) is 0 Å². The van der Waals surface area contributed by atoms with Gasteiger partial charge in [-0.2, -0.15) is 0 Å². The van der Waals surface area contributed by atoms with Gasteiger partial charge in [-0.05, 0) is 45.0 Å². The molecule has 0 radical (unpaired) electrons. The highest BCUT2D eigenvalue weighted by Crippen LogP contribution is 2.40.